The molecule has 0 radical (unpaired) electrons. The number of rotatable bonds is 4. The molecule has 1 aromatic heterocycles. The topological polar surface area (TPSA) is 90.4 Å². The Bertz CT molecular complexity index is 593. The molecule has 0 aliphatic rings. The van der Waals surface area contributed by atoms with Gasteiger partial charge >= 0.3 is 0 Å². The number of hydrogen-bond acceptors (Lipinski definition) is 5. The molecule has 100 valence electrons. The fraction of sp³-hybridized carbons (Fsp3) is 0.231. The number of ether oxygens (including phenoxy) is 1. The fourth-order valence-electron chi connectivity index (χ4n) is 1.61. The molecule has 0 unspecified atom stereocenters. The molecule has 1 aromatic carbocycles. The van der Waals surface area contributed by atoms with Crippen LogP contribution in [0.2, 0.25) is 0 Å². The van der Waals surface area contributed by atoms with Crippen molar-refractivity contribution in [3.8, 4) is 5.75 Å². The van der Waals surface area contributed by atoms with E-state index < -0.39 is 5.91 Å². The number of amides is 1. The van der Waals surface area contributed by atoms with Crippen LogP contribution >= 0.6 is 0 Å². The highest BCUT2D eigenvalue weighted by Crippen LogP contribution is 2.25. The third-order valence-electron chi connectivity index (χ3n) is 2.56. The van der Waals surface area contributed by atoms with Crippen molar-refractivity contribution in [2.45, 2.75) is 13.5 Å². The minimum absolute atomic E-state index is 0.115. The van der Waals surface area contributed by atoms with Crippen molar-refractivity contribution in [2.24, 2.45) is 5.73 Å². The van der Waals surface area contributed by atoms with E-state index >= 15 is 0 Å². The predicted octanol–water partition coefficient (Wildman–Crippen LogP) is 1.70. The van der Waals surface area contributed by atoms with E-state index in [9.17, 15) is 4.79 Å². The smallest absolute Gasteiger partial charge is 0.293 e. The summed E-state index contributed by atoms with van der Waals surface area (Å²) in [5.74, 6) is 0.624. The van der Waals surface area contributed by atoms with E-state index in [4.69, 9.17) is 14.9 Å². The fourth-order valence-corrected chi connectivity index (χ4v) is 1.61. The van der Waals surface area contributed by atoms with Crippen molar-refractivity contribution in [3.63, 3.8) is 0 Å². The Morgan fingerprint density at radius 3 is 2.95 bits per heavy atom. The predicted molar refractivity (Wildman–Crippen MR) is 70.1 cm³/mol. The molecule has 1 heterocycles. The lowest BCUT2D eigenvalue weighted by atomic mass is 10.2. The number of carbonyl (C=O) groups is 1. The van der Waals surface area contributed by atoms with E-state index in [-0.39, 0.29) is 12.3 Å². The van der Waals surface area contributed by atoms with Crippen LogP contribution in [0, 0.1) is 6.92 Å². The number of hydrogen-bond donors (Lipinski definition) is 2. The SMILES string of the molecule is COc1ccc(C)cc1NC(=O)c1cnc(CN)o1. The number of anilines is 1. The second-order valence-electron chi connectivity index (χ2n) is 3.98. The molecule has 0 fully saturated rings. The van der Waals surface area contributed by atoms with Gasteiger partial charge in [0.15, 0.2) is 0 Å². The molecule has 2 aromatic rings. The number of nitrogens with one attached hydrogen (secondary N) is 1. The van der Waals surface area contributed by atoms with Gasteiger partial charge in [-0.1, -0.05) is 6.07 Å². The number of aryl methyl sites for hydroxylation is 1. The minimum Gasteiger partial charge on any atom is -0.495 e. The summed E-state index contributed by atoms with van der Waals surface area (Å²) in [6.07, 6.45) is 1.35. The summed E-state index contributed by atoms with van der Waals surface area (Å²) < 4.78 is 10.4. The highest BCUT2D eigenvalue weighted by atomic mass is 16.5. The van der Waals surface area contributed by atoms with Gasteiger partial charge in [-0.05, 0) is 24.6 Å². The van der Waals surface area contributed by atoms with Gasteiger partial charge in [-0.15, -0.1) is 0 Å². The zero-order valence-corrected chi connectivity index (χ0v) is 10.8. The molecule has 1 amide bonds. The second kappa shape index (κ2) is 5.53. The van der Waals surface area contributed by atoms with Crippen molar-refractivity contribution in [2.75, 3.05) is 12.4 Å². The number of nitrogens with zero attached hydrogens (tertiary/aromatic N) is 1. The highest BCUT2D eigenvalue weighted by Gasteiger charge is 2.14. The van der Waals surface area contributed by atoms with Gasteiger partial charge in [-0.2, -0.15) is 0 Å². The van der Waals surface area contributed by atoms with Gasteiger partial charge in [0.2, 0.25) is 11.7 Å². The summed E-state index contributed by atoms with van der Waals surface area (Å²) >= 11 is 0. The maximum Gasteiger partial charge on any atom is 0.293 e. The van der Waals surface area contributed by atoms with Gasteiger partial charge in [0.25, 0.3) is 5.91 Å². The van der Waals surface area contributed by atoms with Crippen molar-refractivity contribution in [1.82, 2.24) is 4.98 Å². The maximum atomic E-state index is 12.0. The van der Waals surface area contributed by atoms with Crippen LogP contribution in [0.3, 0.4) is 0 Å². The van der Waals surface area contributed by atoms with Crippen LogP contribution in [0.4, 0.5) is 5.69 Å². The van der Waals surface area contributed by atoms with Gasteiger partial charge < -0.3 is 20.2 Å². The van der Waals surface area contributed by atoms with Crippen LogP contribution in [-0.2, 0) is 6.54 Å². The number of oxazole rings is 1. The van der Waals surface area contributed by atoms with E-state index in [0.717, 1.165) is 5.56 Å². The summed E-state index contributed by atoms with van der Waals surface area (Å²) in [6.45, 7) is 2.08. The monoisotopic (exact) mass is 261 g/mol. The highest BCUT2D eigenvalue weighted by molar-refractivity contribution is 6.02. The first-order valence-electron chi connectivity index (χ1n) is 5.75. The first-order valence-corrected chi connectivity index (χ1v) is 5.75. The Morgan fingerprint density at radius 1 is 1.53 bits per heavy atom. The Labute approximate surface area is 110 Å². The molecule has 0 spiro atoms. The van der Waals surface area contributed by atoms with E-state index in [1.54, 1.807) is 13.2 Å². The van der Waals surface area contributed by atoms with E-state index in [1.165, 1.54) is 6.20 Å². The van der Waals surface area contributed by atoms with Crippen LogP contribution < -0.4 is 15.8 Å². The summed E-state index contributed by atoms with van der Waals surface area (Å²) in [5, 5.41) is 2.72. The standard InChI is InChI=1S/C13H15N3O3/c1-8-3-4-10(18-2)9(5-8)16-13(17)11-7-15-12(6-14)19-11/h3-5,7H,6,14H2,1-2H3,(H,16,17). The summed E-state index contributed by atoms with van der Waals surface area (Å²) in [6, 6.07) is 5.50. The molecule has 0 atom stereocenters. The Hall–Kier alpha value is -2.34. The van der Waals surface area contributed by atoms with Gasteiger partial charge in [-0.25, -0.2) is 4.98 Å². The lowest BCUT2D eigenvalue weighted by molar-refractivity contribution is 0.0994. The number of methoxy groups -OCH3 is 1. The molecule has 2 rings (SSSR count). The first-order chi connectivity index (χ1) is 9.13. The molecule has 0 bridgehead atoms. The molecule has 0 aliphatic heterocycles. The summed E-state index contributed by atoms with van der Waals surface area (Å²) in [4.78, 5) is 15.9. The maximum absolute atomic E-state index is 12.0. The largest absolute Gasteiger partial charge is 0.495 e. The second-order valence-corrected chi connectivity index (χ2v) is 3.98. The molecule has 19 heavy (non-hydrogen) atoms. The number of aromatic nitrogens is 1. The zero-order valence-electron chi connectivity index (χ0n) is 10.8. The Balaban J connectivity index is 2.20. The molecule has 0 aliphatic carbocycles. The van der Waals surface area contributed by atoms with Crippen LogP contribution in [0.15, 0.2) is 28.8 Å². The average molecular weight is 261 g/mol. The Morgan fingerprint density at radius 2 is 2.32 bits per heavy atom. The number of nitrogens with two attached hydrogens (primary N) is 1. The van der Waals surface area contributed by atoms with Crippen LogP contribution in [0.25, 0.3) is 0 Å². The van der Waals surface area contributed by atoms with Crippen molar-refractivity contribution >= 4 is 11.6 Å². The van der Waals surface area contributed by atoms with Gasteiger partial charge in [0, 0.05) is 0 Å². The molecular formula is C13H15N3O3. The van der Waals surface area contributed by atoms with Crippen molar-refractivity contribution < 1.29 is 13.9 Å². The van der Waals surface area contributed by atoms with Crippen LogP contribution in [0.5, 0.6) is 5.75 Å². The van der Waals surface area contributed by atoms with E-state index in [1.807, 2.05) is 19.1 Å². The Kier molecular flexibility index (Phi) is 3.82. The normalized spacial score (nSPS) is 10.3. The molecule has 6 heteroatoms. The van der Waals surface area contributed by atoms with E-state index in [2.05, 4.69) is 10.3 Å². The van der Waals surface area contributed by atoms with Gasteiger partial charge in [-0.3, -0.25) is 4.79 Å². The average Bonchev–Trinajstić information content (AvgIpc) is 2.88. The van der Waals surface area contributed by atoms with Crippen molar-refractivity contribution in [1.29, 1.82) is 0 Å². The zero-order chi connectivity index (χ0) is 13.8. The van der Waals surface area contributed by atoms with E-state index in [0.29, 0.717) is 17.3 Å². The summed E-state index contributed by atoms with van der Waals surface area (Å²) in [5.41, 5.74) is 6.97. The number of carbonyl (C=O) groups excluding carboxylic acids is 1. The summed E-state index contributed by atoms with van der Waals surface area (Å²) in [7, 11) is 1.54. The quantitative estimate of drug-likeness (QED) is 0.874. The lowest BCUT2D eigenvalue weighted by Gasteiger charge is -2.09. The minimum atomic E-state index is -0.392. The van der Waals surface area contributed by atoms with Crippen LogP contribution in [-0.4, -0.2) is 18.0 Å². The molecule has 0 saturated carbocycles. The van der Waals surface area contributed by atoms with Gasteiger partial charge in [0.1, 0.15) is 5.75 Å². The van der Waals surface area contributed by atoms with Crippen LogP contribution in [0.1, 0.15) is 22.0 Å². The third kappa shape index (κ3) is 2.92. The molecular weight excluding hydrogens is 246 g/mol. The van der Waals surface area contributed by atoms with Gasteiger partial charge in [0.05, 0.1) is 25.5 Å². The van der Waals surface area contributed by atoms with Crippen molar-refractivity contribution in [3.05, 3.63) is 41.6 Å². The number of benzene rings is 1. The third-order valence-corrected chi connectivity index (χ3v) is 2.56. The lowest BCUT2D eigenvalue weighted by Crippen LogP contribution is -2.12. The first kappa shape index (κ1) is 13.1. The molecule has 0 saturated heterocycles. The molecule has 3 N–H and O–H groups in total. The molecule has 6 nitrogen and oxygen atoms in total.